The van der Waals surface area contributed by atoms with Crippen molar-refractivity contribution in [3.63, 3.8) is 0 Å². The number of benzene rings is 2. The first kappa shape index (κ1) is 22.9. The number of aromatic amines is 1. The van der Waals surface area contributed by atoms with E-state index >= 15 is 0 Å². The highest BCUT2D eigenvalue weighted by Gasteiger charge is 2.42. The second-order valence-corrected chi connectivity index (χ2v) is 8.51. The van der Waals surface area contributed by atoms with Gasteiger partial charge in [-0.15, -0.1) is 0 Å². The average molecular weight is 450 g/mol. The van der Waals surface area contributed by atoms with Gasteiger partial charge in [-0.1, -0.05) is 31.5 Å². The molecule has 4 rings (SSSR count). The molecule has 0 saturated heterocycles. The molecular formula is C26H31N3O4. The summed E-state index contributed by atoms with van der Waals surface area (Å²) in [5, 5.41) is 18.2. The lowest BCUT2D eigenvalue weighted by molar-refractivity contribution is 0.0677. The average Bonchev–Trinajstić information content (AvgIpc) is 3.31. The molecule has 0 spiro atoms. The highest BCUT2D eigenvalue weighted by Crippen LogP contribution is 2.45. The molecule has 1 aliphatic rings. The number of methoxy groups -OCH3 is 1. The van der Waals surface area contributed by atoms with Gasteiger partial charge in [0.1, 0.15) is 22.9 Å². The molecule has 1 aliphatic heterocycles. The summed E-state index contributed by atoms with van der Waals surface area (Å²) < 4.78 is 11.2. The molecule has 174 valence electrons. The molecule has 0 saturated carbocycles. The van der Waals surface area contributed by atoms with Crippen LogP contribution in [0.2, 0.25) is 0 Å². The van der Waals surface area contributed by atoms with Gasteiger partial charge < -0.3 is 19.5 Å². The topological polar surface area (TPSA) is 87.7 Å². The molecule has 2 aromatic carbocycles. The molecule has 0 radical (unpaired) electrons. The number of unbranched alkanes of at least 4 members (excludes halogenated alkanes) is 1. The number of aromatic nitrogens is 2. The number of H-pyrrole nitrogens is 1. The van der Waals surface area contributed by atoms with E-state index in [4.69, 9.17) is 9.47 Å². The third-order valence-corrected chi connectivity index (χ3v) is 6.04. The molecule has 7 nitrogen and oxygen atoms in total. The highest BCUT2D eigenvalue weighted by molar-refractivity contribution is 6.00. The summed E-state index contributed by atoms with van der Waals surface area (Å²) in [6.45, 7) is 7.50. The Hall–Kier alpha value is -3.32. The first-order chi connectivity index (χ1) is 16.0. The number of ether oxygens (including phenoxy) is 2. The molecule has 3 aromatic rings. The third-order valence-electron chi connectivity index (χ3n) is 6.04. The number of carbonyl (C=O) groups is 1. The van der Waals surface area contributed by atoms with Gasteiger partial charge in [-0.3, -0.25) is 9.89 Å². The lowest BCUT2D eigenvalue weighted by Crippen LogP contribution is -2.32. The Kier molecular flexibility index (Phi) is 6.70. The highest BCUT2D eigenvalue weighted by atomic mass is 16.5. The first-order valence-corrected chi connectivity index (χ1v) is 11.4. The van der Waals surface area contributed by atoms with E-state index in [0.29, 0.717) is 36.7 Å². The van der Waals surface area contributed by atoms with Gasteiger partial charge in [0.2, 0.25) is 0 Å². The summed E-state index contributed by atoms with van der Waals surface area (Å²) in [6, 6.07) is 11.2. The maximum Gasteiger partial charge on any atom is 0.273 e. The Morgan fingerprint density at radius 2 is 2.00 bits per heavy atom. The normalized spacial score (nSPS) is 15.2. The maximum atomic E-state index is 13.4. The van der Waals surface area contributed by atoms with Crippen LogP contribution in [-0.2, 0) is 4.74 Å². The van der Waals surface area contributed by atoms with Crippen LogP contribution >= 0.6 is 0 Å². The van der Waals surface area contributed by atoms with Crippen molar-refractivity contribution in [3.8, 4) is 22.8 Å². The van der Waals surface area contributed by atoms with Crippen LogP contribution in [0.25, 0.3) is 11.3 Å². The van der Waals surface area contributed by atoms with E-state index in [-0.39, 0.29) is 17.7 Å². The number of aromatic hydroxyl groups is 1. The predicted molar refractivity (Wildman–Crippen MR) is 127 cm³/mol. The minimum atomic E-state index is -0.369. The summed E-state index contributed by atoms with van der Waals surface area (Å²) in [7, 11) is 1.62. The Balaban J connectivity index is 1.83. The van der Waals surface area contributed by atoms with Crippen LogP contribution < -0.4 is 4.74 Å². The van der Waals surface area contributed by atoms with E-state index in [1.54, 1.807) is 18.1 Å². The van der Waals surface area contributed by atoms with Gasteiger partial charge in [-0.25, -0.2) is 0 Å². The number of aryl methyl sites for hydroxylation is 2. The minimum Gasteiger partial charge on any atom is -0.507 e. The smallest absolute Gasteiger partial charge is 0.273 e. The number of rotatable bonds is 9. The van der Waals surface area contributed by atoms with Gasteiger partial charge in [0, 0.05) is 24.8 Å². The third kappa shape index (κ3) is 4.33. The van der Waals surface area contributed by atoms with Crippen LogP contribution in [0.15, 0.2) is 36.4 Å². The number of hydrogen-bond acceptors (Lipinski definition) is 5. The summed E-state index contributed by atoms with van der Waals surface area (Å²) >= 11 is 0. The number of nitrogens with zero attached hydrogens (tertiary/aromatic N) is 2. The molecule has 0 fully saturated rings. The fraction of sp³-hybridized carbons (Fsp3) is 0.385. The number of phenolic OH excluding ortho intramolecular Hbond substituents is 1. The zero-order chi connectivity index (χ0) is 23.5. The van der Waals surface area contributed by atoms with Crippen LogP contribution in [0.1, 0.15) is 58.5 Å². The molecule has 2 N–H and O–H groups in total. The van der Waals surface area contributed by atoms with Gasteiger partial charge in [0.05, 0.1) is 19.3 Å². The standard InChI is InChI=1S/C26H31N3O4/c1-5-6-11-33-19-9-7-8-18(15-19)25-22-23(21-17(3)13-16(2)14-20(21)30)27-28-24(22)26(31)29(25)10-12-32-4/h7-9,13-15,25,30H,5-6,10-12H2,1-4H3,(H,27,28). The molecule has 1 amide bonds. The second kappa shape index (κ2) is 9.67. The van der Waals surface area contributed by atoms with Gasteiger partial charge in [-0.05, 0) is 55.2 Å². The summed E-state index contributed by atoms with van der Waals surface area (Å²) in [6.07, 6.45) is 2.04. The fourth-order valence-electron chi connectivity index (χ4n) is 4.52. The van der Waals surface area contributed by atoms with Crippen molar-refractivity contribution in [3.05, 3.63) is 64.3 Å². The predicted octanol–water partition coefficient (Wildman–Crippen LogP) is 4.77. The molecular weight excluding hydrogens is 418 g/mol. The van der Waals surface area contributed by atoms with Crippen molar-refractivity contribution in [2.75, 3.05) is 26.9 Å². The molecule has 7 heteroatoms. The fourth-order valence-corrected chi connectivity index (χ4v) is 4.52. The zero-order valence-electron chi connectivity index (χ0n) is 19.6. The SMILES string of the molecule is CCCCOc1cccc(C2c3c(-c4c(C)cc(C)cc4O)n[nH]c3C(=O)N2CCOC)c1. The van der Waals surface area contributed by atoms with Gasteiger partial charge in [0.25, 0.3) is 5.91 Å². The summed E-state index contributed by atoms with van der Waals surface area (Å²) in [4.78, 5) is 15.1. The maximum absolute atomic E-state index is 13.4. The van der Waals surface area contributed by atoms with Gasteiger partial charge in [-0.2, -0.15) is 5.10 Å². The van der Waals surface area contributed by atoms with E-state index in [1.807, 2.05) is 44.2 Å². The molecule has 0 aliphatic carbocycles. The molecule has 1 atom stereocenters. The van der Waals surface area contributed by atoms with E-state index in [0.717, 1.165) is 40.8 Å². The van der Waals surface area contributed by atoms with Crippen LogP contribution in [0.3, 0.4) is 0 Å². The lowest BCUT2D eigenvalue weighted by Gasteiger charge is -2.26. The quantitative estimate of drug-likeness (QED) is 0.460. The molecule has 33 heavy (non-hydrogen) atoms. The number of hydrogen-bond donors (Lipinski definition) is 2. The Bertz CT molecular complexity index is 1130. The number of fused-ring (bicyclic) bond motifs is 1. The van der Waals surface area contributed by atoms with Gasteiger partial charge >= 0.3 is 0 Å². The Morgan fingerprint density at radius 3 is 2.73 bits per heavy atom. The summed E-state index contributed by atoms with van der Waals surface area (Å²) in [5.74, 6) is 0.792. The Morgan fingerprint density at radius 1 is 1.18 bits per heavy atom. The monoisotopic (exact) mass is 449 g/mol. The van der Waals surface area contributed by atoms with Crippen molar-refractivity contribution in [1.29, 1.82) is 0 Å². The zero-order valence-corrected chi connectivity index (χ0v) is 19.6. The minimum absolute atomic E-state index is 0.132. The van der Waals surface area contributed by atoms with E-state index < -0.39 is 0 Å². The molecule has 1 aromatic heterocycles. The van der Waals surface area contributed by atoms with Crippen LogP contribution in [-0.4, -0.2) is 53.0 Å². The van der Waals surface area contributed by atoms with Crippen molar-refractivity contribution < 1.29 is 19.4 Å². The van der Waals surface area contributed by atoms with E-state index in [9.17, 15) is 9.90 Å². The molecule has 1 unspecified atom stereocenters. The Labute approximate surface area is 194 Å². The summed E-state index contributed by atoms with van der Waals surface area (Å²) in [5.41, 5.74) is 5.24. The molecule has 0 bridgehead atoms. The number of amides is 1. The second-order valence-electron chi connectivity index (χ2n) is 8.51. The van der Waals surface area contributed by atoms with Crippen LogP contribution in [0.4, 0.5) is 0 Å². The van der Waals surface area contributed by atoms with Gasteiger partial charge in [0.15, 0.2) is 0 Å². The van der Waals surface area contributed by atoms with Crippen LogP contribution in [0, 0.1) is 13.8 Å². The van der Waals surface area contributed by atoms with Crippen molar-refractivity contribution in [2.24, 2.45) is 0 Å². The van der Waals surface area contributed by atoms with Crippen molar-refractivity contribution in [2.45, 2.75) is 39.7 Å². The first-order valence-electron chi connectivity index (χ1n) is 11.4. The van der Waals surface area contributed by atoms with Crippen LogP contribution in [0.5, 0.6) is 11.5 Å². The largest absolute Gasteiger partial charge is 0.507 e. The number of phenols is 1. The van der Waals surface area contributed by atoms with E-state index in [2.05, 4.69) is 17.1 Å². The van der Waals surface area contributed by atoms with Crippen molar-refractivity contribution in [1.82, 2.24) is 15.1 Å². The molecule has 2 heterocycles. The van der Waals surface area contributed by atoms with E-state index in [1.165, 1.54) is 0 Å². The number of carbonyl (C=O) groups excluding carboxylic acids is 1. The van der Waals surface area contributed by atoms with Crippen molar-refractivity contribution >= 4 is 5.91 Å². The number of nitrogens with one attached hydrogen (secondary N) is 1. The lowest BCUT2D eigenvalue weighted by atomic mass is 9.93.